The van der Waals surface area contributed by atoms with Crippen molar-refractivity contribution in [2.45, 2.75) is 33.2 Å². The van der Waals surface area contributed by atoms with Crippen LogP contribution in [0.4, 0.5) is 5.69 Å². The summed E-state index contributed by atoms with van der Waals surface area (Å²) in [5.41, 5.74) is 5.36. The lowest BCUT2D eigenvalue weighted by Gasteiger charge is -2.37. The van der Waals surface area contributed by atoms with Crippen LogP contribution in [0.15, 0.2) is 22.7 Å². The first kappa shape index (κ1) is 15.5. The van der Waals surface area contributed by atoms with E-state index in [0.29, 0.717) is 10.7 Å². The van der Waals surface area contributed by atoms with Crippen LogP contribution in [0.25, 0.3) is 0 Å². The molecule has 0 unspecified atom stereocenters. The Morgan fingerprint density at radius 3 is 2.39 bits per heavy atom. The van der Waals surface area contributed by atoms with E-state index in [4.69, 9.17) is 17.3 Å². The fourth-order valence-corrected chi connectivity index (χ4v) is 1.68. The fourth-order valence-electron chi connectivity index (χ4n) is 1.16. The topological polar surface area (TPSA) is 55.1 Å². The summed E-state index contributed by atoms with van der Waals surface area (Å²) in [7, 11) is 0. The molecule has 3 nitrogen and oxygen atoms in total. The largest absolute Gasteiger partial charge is 0.325 e. The number of anilines is 1. The summed E-state index contributed by atoms with van der Waals surface area (Å²) >= 11 is 9.28. The van der Waals surface area contributed by atoms with Crippen molar-refractivity contribution < 1.29 is 4.79 Å². The van der Waals surface area contributed by atoms with E-state index in [1.807, 2.05) is 27.7 Å². The number of hydrogen-bond donors (Lipinski definition) is 2. The predicted octanol–water partition coefficient (Wildman–Crippen LogP) is 3.80. The number of benzene rings is 1. The summed E-state index contributed by atoms with van der Waals surface area (Å²) in [6.45, 7) is 7.31. The first-order chi connectivity index (χ1) is 8.05. The molecule has 0 saturated heterocycles. The summed E-state index contributed by atoms with van der Waals surface area (Å²) < 4.78 is 0.783. The van der Waals surface area contributed by atoms with E-state index >= 15 is 0 Å². The molecule has 1 rings (SSSR count). The lowest BCUT2D eigenvalue weighted by atomic mass is 9.74. The number of hydrogen-bond acceptors (Lipinski definition) is 2. The smallest absolute Gasteiger partial charge is 0.231 e. The quantitative estimate of drug-likeness (QED) is 0.884. The lowest BCUT2D eigenvalue weighted by molar-refractivity contribution is -0.126. The first-order valence-corrected chi connectivity index (χ1v) is 6.78. The molecular formula is C13H18BrClN2O. The van der Waals surface area contributed by atoms with Gasteiger partial charge in [-0.15, -0.1) is 0 Å². The molecule has 0 spiro atoms. The zero-order valence-corrected chi connectivity index (χ0v) is 13.3. The molecule has 0 atom stereocenters. The number of nitrogens with one attached hydrogen (secondary N) is 1. The minimum atomic E-state index is -0.700. The summed E-state index contributed by atoms with van der Waals surface area (Å²) in [5, 5.41) is 3.42. The van der Waals surface area contributed by atoms with E-state index in [1.165, 1.54) is 0 Å². The van der Waals surface area contributed by atoms with Gasteiger partial charge in [0.25, 0.3) is 0 Å². The Kier molecular flexibility index (Phi) is 4.47. The molecule has 1 amide bonds. The van der Waals surface area contributed by atoms with Crippen molar-refractivity contribution in [2.75, 3.05) is 5.32 Å². The van der Waals surface area contributed by atoms with Crippen molar-refractivity contribution in [3.8, 4) is 0 Å². The van der Waals surface area contributed by atoms with Crippen molar-refractivity contribution in [2.24, 2.45) is 11.1 Å². The summed E-state index contributed by atoms with van der Waals surface area (Å²) in [5.74, 6) is -0.141. The van der Waals surface area contributed by atoms with Gasteiger partial charge in [-0.3, -0.25) is 4.79 Å². The molecule has 0 bridgehead atoms. The van der Waals surface area contributed by atoms with E-state index in [9.17, 15) is 4.79 Å². The van der Waals surface area contributed by atoms with E-state index in [0.717, 1.165) is 4.47 Å². The van der Waals surface area contributed by atoms with Gasteiger partial charge in [0.1, 0.15) is 0 Å². The van der Waals surface area contributed by atoms with Crippen LogP contribution in [0, 0.1) is 5.41 Å². The molecule has 0 aliphatic heterocycles. The standard InChI is InChI=1S/C13H18BrClN2O/c1-12(2,13(3,4)16)11(18)17-10-7-8(15)5-6-9(10)14/h5-7H,16H2,1-4H3,(H,17,18). The average molecular weight is 334 g/mol. The summed E-state index contributed by atoms with van der Waals surface area (Å²) in [6, 6.07) is 5.24. The van der Waals surface area contributed by atoms with Crippen LogP contribution in [0.3, 0.4) is 0 Å². The van der Waals surface area contributed by atoms with Gasteiger partial charge in [0.2, 0.25) is 5.91 Å². The van der Waals surface area contributed by atoms with Crippen LogP contribution in [0.1, 0.15) is 27.7 Å². The Balaban J connectivity index is 2.98. The zero-order valence-electron chi connectivity index (χ0n) is 11.0. The molecule has 0 saturated carbocycles. The number of amides is 1. The molecule has 0 fully saturated rings. The molecule has 100 valence electrons. The Morgan fingerprint density at radius 2 is 1.89 bits per heavy atom. The van der Waals surface area contributed by atoms with Gasteiger partial charge in [-0.2, -0.15) is 0 Å². The molecule has 1 aromatic rings. The monoisotopic (exact) mass is 332 g/mol. The Labute approximate surface area is 121 Å². The maximum Gasteiger partial charge on any atom is 0.231 e. The van der Waals surface area contributed by atoms with Crippen molar-refractivity contribution in [1.29, 1.82) is 0 Å². The van der Waals surface area contributed by atoms with Gasteiger partial charge in [-0.05, 0) is 61.8 Å². The zero-order chi connectivity index (χ0) is 14.1. The maximum absolute atomic E-state index is 12.3. The van der Waals surface area contributed by atoms with E-state index in [1.54, 1.807) is 18.2 Å². The molecule has 1 aromatic carbocycles. The minimum absolute atomic E-state index is 0.141. The summed E-state index contributed by atoms with van der Waals surface area (Å²) in [4.78, 5) is 12.3. The average Bonchev–Trinajstić information content (AvgIpc) is 2.21. The van der Waals surface area contributed by atoms with Crippen LogP contribution in [0.5, 0.6) is 0 Å². The number of carbonyl (C=O) groups excluding carboxylic acids is 1. The summed E-state index contributed by atoms with van der Waals surface area (Å²) in [6.07, 6.45) is 0. The normalized spacial score (nSPS) is 12.4. The second-order valence-electron chi connectivity index (χ2n) is 5.42. The van der Waals surface area contributed by atoms with Crippen molar-refractivity contribution in [1.82, 2.24) is 0 Å². The molecule has 0 aliphatic rings. The Morgan fingerprint density at radius 1 is 1.33 bits per heavy atom. The lowest BCUT2D eigenvalue weighted by Crippen LogP contribution is -2.53. The van der Waals surface area contributed by atoms with Gasteiger partial charge >= 0.3 is 0 Å². The number of halogens is 2. The number of rotatable bonds is 3. The van der Waals surface area contributed by atoms with Crippen molar-refractivity contribution in [3.05, 3.63) is 27.7 Å². The van der Waals surface area contributed by atoms with Crippen LogP contribution in [-0.4, -0.2) is 11.4 Å². The molecule has 0 heterocycles. The van der Waals surface area contributed by atoms with E-state index < -0.39 is 11.0 Å². The molecule has 5 heteroatoms. The highest BCUT2D eigenvalue weighted by Crippen LogP contribution is 2.32. The Bertz CT molecular complexity index is 467. The molecule has 0 aliphatic carbocycles. The molecule has 18 heavy (non-hydrogen) atoms. The highest BCUT2D eigenvalue weighted by atomic mass is 79.9. The van der Waals surface area contributed by atoms with Gasteiger partial charge in [-0.1, -0.05) is 11.6 Å². The molecular weight excluding hydrogens is 316 g/mol. The van der Waals surface area contributed by atoms with Crippen LogP contribution < -0.4 is 11.1 Å². The van der Waals surface area contributed by atoms with Crippen LogP contribution >= 0.6 is 27.5 Å². The molecule has 0 radical (unpaired) electrons. The molecule has 3 N–H and O–H groups in total. The van der Waals surface area contributed by atoms with Gasteiger partial charge < -0.3 is 11.1 Å². The van der Waals surface area contributed by atoms with Gasteiger partial charge in [-0.25, -0.2) is 0 Å². The second-order valence-corrected chi connectivity index (χ2v) is 6.72. The van der Waals surface area contributed by atoms with Crippen LogP contribution in [0.2, 0.25) is 5.02 Å². The maximum atomic E-state index is 12.3. The Hall–Kier alpha value is -0.580. The van der Waals surface area contributed by atoms with Gasteiger partial charge in [0, 0.05) is 15.0 Å². The first-order valence-electron chi connectivity index (χ1n) is 5.61. The molecule has 0 aromatic heterocycles. The van der Waals surface area contributed by atoms with Crippen molar-refractivity contribution >= 4 is 39.1 Å². The SMILES string of the molecule is CC(C)(N)C(C)(C)C(=O)Nc1cc(Cl)ccc1Br. The fraction of sp³-hybridized carbons (Fsp3) is 0.462. The highest BCUT2D eigenvalue weighted by molar-refractivity contribution is 9.10. The van der Waals surface area contributed by atoms with Crippen LogP contribution in [-0.2, 0) is 4.79 Å². The third-order valence-corrected chi connectivity index (χ3v) is 4.28. The van der Waals surface area contributed by atoms with E-state index in [-0.39, 0.29) is 5.91 Å². The highest BCUT2D eigenvalue weighted by Gasteiger charge is 2.40. The van der Waals surface area contributed by atoms with Gasteiger partial charge in [0.15, 0.2) is 0 Å². The number of carbonyl (C=O) groups is 1. The van der Waals surface area contributed by atoms with Gasteiger partial charge in [0.05, 0.1) is 11.1 Å². The number of nitrogens with two attached hydrogens (primary N) is 1. The third-order valence-electron chi connectivity index (χ3n) is 3.36. The third kappa shape index (κ3) is 3.25. The van der Waals surface area contributed by atoms with E-state index in [2.05, 4.69) is 21.2 Å². The minimum Gasteiger partial charge on any atom is -0.325 e. The second kappa shape index (κ2) is 5.19. The van der Waals surface area contributed by atoms with Crippen molar-refractivity contribution in [3.63, 3.8) is 0 Å². The predicted molar refractivity (Wildman–Crippen MR) is 79.8 cm³/mol.